The van der Waals surface area contributed by atoms with Crippen molar-refractivity contribution in [1.29, 1.82) is 0 Å². The summed E-state index contributed by atoms with van der Waals surface area (Å²) in [6.07, 6.45) is 1.63. The van der Waals surface area contributed by atoms with Crippen molar-refractivity contribution in [3.63, 3.8) is 0 Å². The lowest BCUT2D eigenvalue weighted by atomic mass is 10.2. The van der Waals surface area contributed by atoms with Crippen LogP contribution in [0.15, 0.2) is 39.0 Å². The minimum Gasteiger partial charge on any atom is -0.497 e. The molecule has 0 atom stereocenters. The molecule has 0 bridgehead atoms. The molecule has 0 aliphatic rings. The molecule has 3 aromatic rings. The number of nitrogens with one attached hydrogen (secondary N) is 2. The first kappa shape index (κ1) is 16.5. The molecule has 9 heteroatoms. The predicted octanol–water partition coefficient (Wildman–Crippen LogP) is 0.898. The number of aromatic nitrogens is 4. The number of anilines is 1. The quantitative estimate of drug-likeness (QED) is 0.529. The predicted molar refractivity (Wildman–Crippen MR) is 95.5 cm³/mol. The molecule has 0 saturated carbocycles. The summed E-state index contributed by atoms with van der Waals surface area (Å²) in [6.45, 7) is 2.38. The second kappa shape index (κ2) is 6.63. The molecule has 1 aromatic carbocycles. The zero-order chi connectivity index (χ0) is 18.0. The molecule has 0 radical (unpaired) electrons. The zero-order valence-electron chi connectivity index (χ0n) is 14.1. The van der Waals surface area contributed by atoms with Crippen LogP contribution in [0, 0.1) is 0 Å². The molecule has 2 N–H and O–H groups in total. The first-order valence-electron chi connectivity index (χ1n) is 7.67. The van der Waals surface area contributed by atoms with E-state index in [9.17, 15) is 9.59 Å². The number of imidazole rings is 1. The number of H-pyrrole nitrogens is 1. The Morgan fingerprint density at radius 2 is 2.04 bits per heavy atom. The smallest absolute Gasteiger partial charge is 0.329 e. The van der Waals surface area contributed by atoms with E-state index in [4.69, 9.17) is 4.74 Å². The number of aryl methyl sites for hydroxylation is 2. The largest absolute Gasteiger partial charge is 0.497 e. The van der Waals surface area contributed by atoms with Gasteiger partial charge in [0.05, 0.1) is 13.3 Å². The molecule has 2 aromatic heterocycles. The molecule has 0 aliphatic heterocycles. The standard InChI is InChI=1S/C16H18N6O3/c1-4-22-12-13(21(2)16(24)19-14(12)23)18-15(22)20-17-9-10-5-7-11(25-3)8-6-10/h5-9H,4H2,1-3H3,(H,18,20)(H,19,23,24)/b17-9+. The van der Waals surface area contributed by atoms with Crippen LogP contribution in [0.2, 0.25) is 0 Å². The highest BCUT2D eigenvalue weighted by Crippen LogP contribution is 2.15. The molecule has 0 spiro atoms. The lowest BCUT2D eigenvalue weighted by Crippen LogP contribution is -2.29. The summed E-state index contributed by atoms with van der Waals surface area (Å²) in [5.74, 6) is 1.15. The van der Waals surface area contributed by atoms with Gasteiger partial charge in [-0.25, -0.2) is 10.2 Å². The molecule has 0 saturated heterocycles. The summed E-state index contributed by atoms with van der Waals surface area (Å²) in [5, 5.41) is 4.15. The van der Waals surface area contributed by atoms with Gasteiger partial charge in [0.25, 0.3) is 5.56 Å². The Morgan fingerprint density at radius 3 is 2.68 bits per heavy atom. The average molecular weight is 342 g/mol. The number of hydrazone groups is 1. The molecule has 3 rings (SSSR count). The molecule has 25 heavy (non-hydrogen) atoms. The van der Waals surface area contributed by atoms with Crippen molar-refractivity contribution in [2.24, 2.45) is 12.1 Å². The minimum atomic E-state index is -0.508. The second-order valence-corrected chi connectivity index (χ2v) is 5.31. The van der Waals surface area contributed by atoms with Crippen LogP contribution in [-0.2, 0) is 13.6 Å². The molecule has 130 valence electrons. The van der Waals surface area contributed by atoms with E-state index in [0.717, 1.165) is 11.3 Å². The molecular formula is C16H18N6O3. The van der Waals surface area contributed by atoms with Crippen LogP contribution in [0.5, 0.6) is 5.75 Å². The normalized spacial score (nSPS) is 11.3. The van der Waals surface area contributed by atoms with Gasteiger partial charge in [0.15, 0.2) is 11.2 Å². The molecule has 0 fully saturated rings. The first-order valence-corrected chi connectivity index (χ1v) is 7.67. The van der Waals surface area contributed by atoms with Gasteiger partial charge in [-0.2, -0.15) is 10.1 Å². The van der Waals surface area contributed by atoms with Crippen LogP contribution >= 0.6 is 0 Å². The van der Waals surface area contributed by atoms with Crippen molar-refractivity contribution in [2.75, 3.05) is 12.5 Å². The van der Waals surface area contributed by atoms with Gasteiger partial charge in [-0.15, -0.1) is 0 Å². The summed E-state index contributed by atoms with van der Waals surface area (Å²) in [5.41, 5.74) is 3.35. The van der Waals surface area contributed by atoms with Crippen LogP contribution in [0.4, 0.5) is 5.95 Å². The van der Waals surface area contributed by atoms with E-state index in [2.05, 4.69) is 20.5 Å². The summed E-state index contributed by atoms with van der Waals surface area (Å²) in [6, 6.07) is 7.39. The zero-order valence-corrected chi connectivity index (χ0v) is 14.1. The maximum Gasteiger partial charge on any atom is 0.329 e. The highest BCUT2D eigenvalue weighted by molar-refractivity contribution is 5.80. The lowest BCUT2D eigenvalue weighted by Gasteiger charge is -2.04. The number of ether oxygens (including phenoxy) is 1. The van der Waals surface area contributed by atoms with E-state index < -0.39 is 11.2 Å². The molecule has 0 aliphatic carbocycles. The van der Waals surface area contributed by atoms with Crippen LogP contribution in [-0.4, -0.2) is 32.4 Å². The fraction of sp³-hybridized carbons (Fsp3) is 0.250. The minimum absolute atomic E-state index is 0.303. The molecule has 9 nitrogen and oxygen atoms in total. The fourth-order valence-electron chi connectivity index (χ4n) is 2.48. The number of fused-ring (bicyclic) bond motifs is 1. The van der Waals surface area contributed by atoms with Gasteiger partial charge >= 0.3 is 5.69 Å². The summed E-state index contributed by atoms with van der Waals surface area (Å²) in [4.78, 5) is 30.4. The number of hydrogen-bond acceptors (Lipinski definition) is 6. The van der Waals surface area contributed by atoms with E-state index in [1.54, 1.807) is 24.9 Å². The Bertz CT molecular complexity index is 1040. The highest BCUT2D eigenvalue weighted by atomic mass is 16.5. The number of nitrogens with zero attached hydrogens (tertiary/aromatic N) is 4. The lowest BCUT2D eigenvalue weighted by molar-refractivity contribution is 0.415. The van der Waals surface area contributed by atoms with E-state index in [-0.39, 0.29) is 0 Å². The SMILES string of the molecule is CCn1c(N/N=C/c2ccc(OC)cc2)nc2c1c(=O)[nH]c(=O)n2C. The molecule has 0 amide bonds. The van der Waals surface area contributed by atoms with Crippen molar-refractivity contribution in [2.45, 2.75) is 13.5 Å². The van der Waals surface area contributed by atoms with Gasteiger partial charge in [-0.1, -0.05) is 0 Å². The third-order valence-corrected chi connectivity index (χ3v) is 3.82. The Morgan fingerprint density at radius 1 is 1.32 bits per heavy atom. The van der Waals surface area contributed by atoms with Crippen molar-refractivity contribution < 1.29 is 4.74 Å². The van der Waals surface area contributed by atoms with E-state index in [1.165, 1.54) is 4.57 Å². The second-order valence-electron chi connectivity index (χ2n) is 5.31. The molecular weight excluding hydrogens is 324 g/mol. The first-order chi connectivity index (χ1) is 12.0. The van der Waals surface area contributed by atoms with Crippen molar-refractivity contribution in [3.05, 3.63) is 50.7 Å². The monoisotopic (exact) mass is 342 g/mol. The topological polar surface area (TPSA) is 106 Å². The maximum absolute atomic E-state index is 12.1. The van der Waals surface area contributed by atoms with Crippen molar-refractivity contribution >= 4 is 23.3 Å². The van der Waals surface area contributed by atoms with Crippen LogP contribution in [0.3, 0.4) is 0 Å². The fourth-order valence-corrected chi connectivity index (χ4v) is 2.48. The Kier molecular flexibility index (Phi) is 4.38. The number of methoxy groups -OCH3 is 1. The van der Waals surface area contributed by atoms with Crippen LogP contribution in [0.1, 0.15) is 12.5 Å². The molecule has 0 unspecified atom stereocenters. The summed E-state index contributed by atoms with van der Waals surface area (Å²) >= 11 is 0. The number of aromatic amines is 1. The number of hydrogen-bond donors (Lipinski definition) is 2. The Hall–Kier alpha value is -3.36. The maximum atomic E-state index is 12.1. The van der Waals surface area contributed by atoms with Gasteiger partial charge in [0, 0.05) is 13.6 Å². The van der Waals surface area contributed by atoms with Crippen LogP contribution < -0.4 is 21.4 Å². The van der Waals surface area contributed by atoms with Crippen molar-refractivity contribution in [3.8, 4) is 5.75 Å². The Balaban J connectivity index is 1.94. The van der Waals surface area contributed by atoms with E-state index in [1.807, 2.05) is 31.2 Å². The van der Waals surface area contributed by atoms with Gasteiger partial charge in [0.2, 0.25) is 5.95 Å². The Labute approximate surface area is 142 Å². The van der Waals surface area contributed by atoms with Gasteiger partial charge < -0.3 is 9.30 Å². The highest BCUT2D eigenvalue weighted by Gasteiger charge is 2.15. The summed E-state index contributed by atoms with van der Waals surface area (Å²) < 4.78 is 8.06. The van der Waals surface area contributed by atoms with Gasteiger partial charge in [-0.3, -0.25) is 14.3 Å². The average Bonchev–Trinajstić information content (AvgIpc) is 2.99. The molecule has 2 heterocycles. The van der Waals surface area contributed by atoms with Crippen molar-refractivity contribution in [1.82, 2.24) is 19.1 Å². The van der Waals surface area contributed by atoms with Crippen LogP contribution in [0.25, 0.3) is 11.2 Å². The van der Waals surface area contributed by atoms with Gasteiger partial charge in [-0.05, 0) is 36.8 Å². The number of rotatable bonds is 5. The summed E-state index contributed by atoms with van der Waals surface area (Å²) in [7, 11) is 3.16. The third kappa shape index (κ3) is 3.03. The number of benzene rings is 1. The van der Waals surface area contributed by atoms with Gasteiger partial charge in [0.1, 0.15) is 5.75 Å². The van der Waals surface area contributed by atoms with E-state index >= 15 is 0 Å². The van der Waals surface area contributed by atoms with E-state index in [0.29, 0.717) is 23.7 Å². The third-order valence-electron chi connectivity index (χ3n) is 3.82.